The van der Waals surface area contributed by atoms with Gasteiger partial charge in [0.2, 0.25) is 0 Å². The van der Waals surface area contributed by atoms with Crippen LogP contribution in [0, 0.1) is 5.41 Å². The van der Waals surface area contributed by atoms with Gasteiger partial charge in [0, 0.05) is 38.7 Å². The maximum atomic E-state index is 5.67. The summed E-state index contributed by atoms with van der Waals surface area (Å²) in [6.45, 7) is 9.01. The van der Waals surface area contributed by atoms with Gasteiger partial charge in [0.15, 0.2) is 5.96 Å². The van der Waals surface area contributed by atoms with Crippen molar-refractivity contribution in [1.29, 1.82) is 0 Å². The highest BCUT2D eigenvalue weighted by Gasteiger charge is 2.58. The Kier molecular flexibility index (Phi) is 5.52. The third-order valence-electron chi connectivity index (χ3n) is 5.20. The minimum atomic E-state index is -0.0193. The van der Waals surface area contributed by atoms with E-state index >= 15 is 0 Å². The zero-order valence-corrected chi connectivity index (χ0v) is 15.2. The first-order valence-electron chi connectivity index (χ1n) is 6.98. The van der Waals surface area contributed by atoms with Gasteiger partial charge in [-0.2, -0.15) is 0 Å². The Bertz CT molecular complexity index is 340. The van der Waals surface area contributed by atoms with Crippen molar-refractivity contribution in [3.8, 4) is 0 Å². The average Bonchev–Trinajstić information content (AvgIpc) is 2.87. The van der Waals surface area contributed by atoms with Gasteiger partial charge in [-0.15, -0.1) is 24.0 Å². The first-order chi connectivity index (χ1) is 8.44. The highest BCUT2D eigenvalue weighted by molar-refractivity contribution is 14.0. The Labute approximate surface area is 134 Å². The molecule has 1 aliphatic carbocycles. The van der Waals surface area contributed by atoms with E-state index < -0.39 is 0 Å². The molecule has 2 rings (SSSR count). The van der Waals surface area contributed by atoms with Crippen molar-refractivity contribution in [2.24, 2.45) is 10.4 Å². The van der Waals surface area contributed by atoms with Gasteiger partial charge in [-0.1, -0.05) is 13.8 Å². The highest BCUT2D eigenvalue weighted by atomic mass is 127. The molecule has 2 aliphatic rings. The molecule has 5 heteroatoms. The number of rotatable bonds is 2. The number of hydrogen-bond acceptors (Lipinski definition) is 2. The molecule has 112 valence electrons. The molecular formula is C14H28IN3O. The molecule has 1 saturated carbocycles. The topological polar surface area (TPSA) is 36.9 Å². The number of nitrogens with one attached hydrogen (secondary N) is 1. The summed E-state index contributed by atoms with van der Waals surface area (Å²) in [6.07, 6.45) is 3.61. The number of ether oxygens (including phenoxy) is 1. The van der Waals surface area contributed by atoms with Crippen molar-refractivity contribution in [1.82, 2.24) is 10.2 Å². The fraction of sp³-hybridized carbons (Fsp3) is 0.929. The Morgan fingerprint density at radius 3 is 2.26 bits per heavy atom. The van der Waals surface area contributed by atoms with Gasteiger partial charge in [-0.05, 0) is 26.2 Å². The normalized spacial score (nSPS) is 33.6. The van der Waals surface area contributed by atoms with Crippen molar-refractivity contribution in [3.63, 3.8) is 0 Å². The third-order valence-corrected chi connectivity index (χ3v) is 5.20. The van der Waals surface area contributed by atoms with Gasteiger partial charge in [-0.25, -0.2) is 0 Å². The fourth-order valence-corrected chi connectivity index (χ4v) is 3.11. The summed E-state index contributed by atoms with van der Waals surface area (Å²) in [6, 6.07) is 0.446. The molecule has 2 unspecified atom stereocenters. The Hall–Kier alpha value is -0.0400. The SMILES string of the molecule is CN=C(NC1CC(C)(OC)C1(C)C)N1CCCC1.I. The molecule has 1 heterocycles. The molecule has 2 fully saturated rings. The molecular weight excluding hydrogens is 353 g/mol. The summed E-state index contributed by atoms with van der Waals surface area (Å²) in [5.41, 5.74) is 0.117. The molecule has 1 aliphatic heterocycles. The maximum absolute atomic E-state index is 5.67. The van der Waals surface area contributed by atoms with Gasteiger partial charge in [-0.3, -0.25) is 4.99 Å². The van der Waals surface area contributed by atoms with Crippen molar-refractivity contribution in [2.45, 2.75) is 51.7 Å². The molecule has 0 bridgehead atoms. The summed E-state index contributed by atoms with van der Waals surface area (Å²) in [5, 5.41) is 3.62. The number of methoxy groups -OCH3 is 1. The van der Waals surface area contributed by atoms with Gasteiger partial charge in [0.25, 0.3) is 0 Å². The lowest BCUT2D eigenvalue weighted by Crippen LogP contribution is -2.69. The number of halogens is 1. The van der Waals surface area contributed by atoms with Gasteiger partial charge >= 0.3 is 0 Å². The first-order valence-corrected chi connectivity index (χ1v) is 6.98. The lowest BCUT2D eigenvalue weighted by Gasteiger charge is -2.59. The van der Waals surface area contributed by atoms with Crippen LogP contribution in [0.3, 0.4) is 0 Å². The Morgan fingerprint density at radius 2 is 1.84 bits per heavy atom. The van der Waals surface area contributed by atoms with Crippen LogP contribution < -0.4 is 5.32 Å². The summed E-state index contributed by atoms with van der Waals surface area (Å²) < 4.78 is 5.67. The van der Waals surface area contributed by atoms with Crippen molar-refractivity contribution in [3.05, 3.63) is 0 Å². The second-order valence-electron chi connectivity index (χ2n) is 6.30. The molecule has 1 N–H and O–H groups in total. The molecule has 2 atom stereocenters. The monoisotopic (exact) mass is 381 g/mol. The molecule has 0 aromatic carbocycles. The Morgan fingerprint density at radius 1 is 1.26 bits per heavy atom. The van der Waals surface area contributed by atoms with Crippen LogP contribution in [0.25, 0.3) is 0 Å². The maximum Gasteiger partial charge on any atom is 0.193 e. The zero-order chi connectivity index (χ0) is 13.4. The second-order valence-corrected chi connectivity index (χ2v) is 6.30. The average molecular weight is 381 g/mol. The molecule has 4 nitrogen and oxygen atoms in total. The number of hydrogen-bond donors (Lipinski definition) is 1. The molecule has 0 spiro atoms. The molecule has 0 aromatic heterocycles. The van der Waals surface area contributed by atoms with Crippen LogP contribution in [0.1, 0.15) is 40.0 Å². The summed E-state index contributed by atoms with van der Waals surface area (Å²) in [7, 11) is 3.69. The van der Waals surface area contributed by atoms with E-state index in [1.54, 1.807) is 0 Å². The molecule has 0 amide bonds. The van der Waals surface area contributed by atoms with E-state index in [4.69, 9.17) is 4.74 Å². The number of guanidine groups is 1. The highest BCUT2D eigenvalue weighted by Crippen LogP contribution is 2.51. The lowest BCUT2D eigenvalue weighted by atomic mass is 9.56. The van der Waals surface area contributed by atoms with Crippen LogP contribution in [0.5, 0.6) is 0 Å². The van der Waals surface area contributed by atoms with Crippen LogP contribution in [0.2, 0.25) is 0 Å². The van der Waals surface area contributed by atoms with E-state index in [0.717, 1.165) is 25.5 Å². The quantitative estimate of drug-likeness (QED) is 0.454. The van der Waals surface area contributed by atoms with E-state index in [1.165, 1.54) is 12.8 Å². The second kappa shape index (κ2) is 6.16. The number of likely N-dealkylation sites (tertiary alicyclic amines) is 1. The largest absolute Gasteiger partial charge is 0.378 e. The van der Waals surface area contributed by atoms with Gasteiger partial charge in [0.1, 0.15) is 0 Å². The fourth-order valence-electron chi connectivity index (χ4n) is 3.11. The predicted molar refractivity (Wildman–Crippen MR) is 90.3 cm³/mol. The van der Waals surface area contributed by atoms with Crippen LogP contribution in [-0.2, 0) is 4.74 Å². The van der Waals surface area contributed by atoms with Crippen molar-refractivity contribution < 1.29 is 4.74 Å². The smallest absolute Gasteiger partial charge is 0.193 e. The summed E-state index contributed by atoms with van der Waals surface area (Å²) in [4.78, 5) is 6.78. The van der Waals surface area contributed by atoms with Crippen LogP contribution in [0.4, 0.5) is 0 Å². The van der Waals surface area contributed by atoms with E-state index in [9.17, 15) is 0 Å². The summed E-state index contributed by atoms with van der Waals surface area (Å²) >= 11 is 0. The molecule has 1 saturated heterocycles. The van der Waals surface area contributed by atoms with Gasteiger partial charge in [0.05, 0.1) is 5.60 Å². The molecule has 19 heavy (non-hydrogen) atoms. The lowest BCUT2D eigenvalue weighted by molar-refractivity contribution is -0.176. The third kappa shape index (κ3) is 2.86. The number of aliphatic imine (C=N–C) groups is 1. The molecule has 0 aromatic rings. The zero-order valence-electron chi connectivity index (χ0n) is 12.8. The van der Waals surface area contributed by atoms with Crippen LogP contribution in [0.15, 0.2) is 4.99 Å². The number of nitrogens with zero attached hydrogens (tertiary/aromatic N) is 2. The first kappa shape index (κ1) is 17.0. The van der Waals surface area contributed by atoms with E-state index in [-0.39, 0.29) is 35.0 Å². The summed E-state index contributed by atoms with van der Waals surface area (Å²) in [5.74, 6) is 1.06. The van der Waals surface area contributed by atoms with Crippen LogP contribution >= 0.6 is 24.0 Å². The van der Waals surface area contributed by atoms with Crippen LogP contribution in [-0.4, -0.2) is 49.7 Å². The predicted octanol–water partition coefficient (Wildman–Crippen LogP) is 2.48. The Balaban J connectivity index is 0.00000180. The van der Waals surface area contributed by atoms with E-state index in [0.29, 0.717) is 6.04 Å². The standard InChI is InChI=1S/C14H27N3O.HI/c1-13(2)11(10-14(13,3)18-5)16-12(15-4)17-8-6-7-9-17;/h11H,6-10H2,1-5H3,(H,15,16);1H. The van der Waals surface area contributed by atoms with Crippen molar-refractivity contribution >= 4 is 29.9 Å². The van der Waals surface area contributed by atoms with E-state index in [1.807, 2.05) is 14.2 Å². The minimum Gasteiger partial charge on any atom is -0.378 e. The van der Waals surface area contributed by atoms with Crippen molar-refractivity contribution in [2.75, 3.05) is 27.2 Å². The van der Waals surface area contributed by atoms with Gasteiger partial charge < -0.3 is 15.0 Å². The van der Waals surface area contributed by atoms with E-state index in [2.05, 4.69) is 36.0 Å². The molecule has 0 radical (unpaired) electrons. The minimum absolute atomic E-state index is 0.